The van der Waals surface area contributed by atoms with E-state index in [1.54, 1.807) is 36.7 Å². The fourth-order valence-corrected chi connectivity index (χ4v) is 3.43. The number of rotatable bonds is 3. The van der Waals surface area contributed by atoms with Crippen LogP contribution in [0.3, 0.4) is 0 Å². The minimum atomic E-state index is -0.251. The molecule has 6 nitrogen and oxygen atoms in total. The van der Waals surface area contributed by atoms with E-state index in [4.69, 9.17) is 4.42 Å². The molecule has 0 aliphatic rings. The zero-order valence-electron chi connectivity index (χ0n) is 12.8. The van der Waals surface area contributed by atoms with Gasteiger partial charge in [-0.15, -0.1) is 11.3 Å². The SMILES string of the molecule is Cc1ccc2nc3sc(C(=O)NCc4ccco4)cc3c(=O)n2c1. The van der Waals surface area contributed by atoms with Crippen molar-refractivity contribution in [1.82, 2.24) is 14.7 Å². The van der Waals surface area contributed by atoms with Crippen molar-refractivity contribution < 1.29 is 9.21 Å². The van der Waals surface area contributed by atoms with Crippen LogP contribution < -0.4 is 10.9 Å². The Morgan fingerprint density at radius 2 is 2.25 bits per heavy atom. The van der Waals surface area contributed by atoms with Crippen molar-refractivity contribution in [1.29, 1.82) is 0 Å². The molecule has 120 valence electrons. The van der Waals surface area contributed by atoms with Gasteiger partial charge in [-0.2, -0.15) is 0 Å². The minimum absolute atomic E-state index is 0.167. The van der Waals surface area contributed by atoms with Crippen LogP contribution in [-0.4, -0.2) is 15.3 Å². The van der Waals surface area contributed by atoms with Gasteiger partial charge in [0.25, 0.3) is 11.5 Å². The topological polar surface area (TPSA) is 76.6 Å². The van der Waals surface area contributed by atoms with Crippen molar-refractivity contribution in [3.63, 3.8) is 0 Å². The molecule has 7 heteroatoms. The van der Waals surface area contributed by atoms with Crippen molar-refractivity contribution in [2.45, 2.75) is 13.5 Å². The maximum Gasteiger partial charge on any atom is 0.266 e. The molecule has 0 saturated heterocycles. The summed E-state index contributed by atoms with van der Waals surface area (Å²) in [4.78, 5) is 30.4. The highest BCUT2D eigenvalue weighted by molar-refractivity contribution is 7.20. The number of carbonyl (C=O) groups is 1. The summed E-state index contributed by atoms with van der Waals surface area (Å²) in [5.74, 6) is 0.419. The highest BCUT2D eigenvalue weighted by Gasteiger charge is 2.15. The predicted octanol–water partition coefficient (Wildman–Crippen LogP) is 2.74. The third-order valence-electron chi connectivity index (χ3n) is 3.68. The first-order valence-electron chi connectivity index (χ1n) is 7.35. The Labute approximate surface area is 140 Å². The Balaban J connectivity index is 1.72. The van der Waals surface area contributed by atoms with E-state index in [1.165, 1.54) is 15.7 Å². The first-order valence-corrected chi connectivity index (χ1v) is 8.16. The third-order valence-corrected chi connectivity index (χ3v) is 4.71. The molecule has 4 aromatic heterocycles. The number of hydrogen-bond donors (Lipinski definition) is 1. The van der Waals surface area contributed by atoms with E-state index in [9.17, 15) is 9.59 Å². The van der Waals surface area contributed by atoms with Gasteiger partial charge in [-0.25, -0.2) is 4.98 Å². The second-order valence-electron chi connectivity index (χ2n) is 5.44. The molecule has 0 fully saturated rings. The van der Waals surface area contributed by atoms with E-state index in [0.717, 1.165) is 5.56 Å². The van der Waals surface area contributed by atoms with Gasteiger partial charge in [0, 0.05) is 6.20 Å². The molecule has 4 heterocycles. The van der Waals surface area contributed by atoms with Crippen molar-refractivity contribution in [3.05, 3.63) is 69.3 Å². The fraction of sp³-hybridized carbons (Fsp3) is 0.118. The summed E-state index contributed by atoms with van der Waals surface area (Å²) in [5.41, 5.74) is 1.37. The number of pyridine rings is 1. The summed E-state index contributed by atoms with van der Waals surface area (Å²) in [5, 5.41) is 3.22. The van der Waals surface area contributed by atoms with Crippen LogP contribution in [0.4, 0.5) is 0 Å². The number of nitrogens with zero attached hydrogens (tertiary/aromatic N) is 2. The van der Waals surface area contributed by atoms with Crippen LogP contribution >= 0.6 is 11.3 Å². The van der Waals surface area contributed by atoms with Crippen LogP contribution in [0.15, 0.2) is 52.0 Å². The Bertz CT molecular complexity index is 1110. The van der Waals surface area contributed by atoms with E-state index in [-0.39, 0.29) is 11.5 Å². The molecule has 0 bridgehead atoms. The van der Waals surface area contributed by atoms with Crippen molar-refractivity contribution in [2.24, 2.45) is 0 Å². The highest BCUT2D eigenvalue weighted by Crippen LogP contribution is 2.22. The number of furan rings is 1. The summed E-state index contributed by atoms with van der Waals surface area (Å²) in [6.07, 6.45) is 3.30. The molecule has 0 aliphatic carbocycles. The molecule has 4 aromatic rings. The Hall–Kier alpha value is -2.93. The zero-order valence-corrected chi connectivity index (χ0v) is 13.6. The molecule has 0 aliphatic heterocycles. The monoisotopic (exact) mass is 339 g/mol. The first kappa shape index (κ1) is 14.6. The van der Waals surface area contributed by atoms with Gasteiger partial charge in [0.15, 0.2) is 0 Å². The average Bonchev–Trinajstić information content (AvgIpc) is 3.23. The minimum Gasteiger partial charge on any atom is -0.467 e. The number of nitrogens with one attached hydrogen (secondary N) is 1. The van der Waals surface area contributed by atoms with Crippen LogP contribution in [0.5, 0.6) is 0 Å². The number of carbonyl (C=O) groups excluding carboxylic acids is 1. The summed E-state index contributed by atoms with van der Waals surface area (Å²) in [6.45, 7) is 2.21. The van der Waals surface area contributed by atoms with Crippen LogP contribution in [-0.2, 0) is 6.54 Å². The summed E-state index contributed by atoms with van der Waals surface area (Å²) in [7, 11) is 0. The normalized spacial score (nSPS) is 11.2. The molecule has 0 radical (unpaired) electrons. The van der Waals surface area contributed by atoms with Gasteiger partial charge in [-0.3, -0.25) is 14.0 Å². The lowest BCUT2D eigenvalue weighted by atomic mass is 10.3. The van der Waals surface area contributed by atoms with Crippen molar-refractivity contribution >= 4 is 33.1 Å². The van der Waals surface area contributed by atoms with Crippen LogP contribution in [0.25, 0.3) is 15.9 Å². The molecule has 0 aromatic carbocycles. The van der Waals surface area contributed by atoms with E-state index in [2.05, 4.69) is 10.3 Å². The lowest BCUT2D eigenvalue weighted by Crippen LogP contribution is -2.21. The summed E-state index contributed by atoms with van der Waals surface area (Å²) < 4.78 is 6.69. The number of amides is 1. The number of hydrogen-bond acceptors (Lipinski definition) is 5. The lowest BCUT2D eigenvalue weighted by molar-refractivity contribution is 0.0952. The van der Waals surface area contributed by atoms with E-state index >= 15 is 0 Å². The van der Waals surface area contributed by atoms with Crippen LogP contribution in [0.1, 0.15) is 21.0 Å². The largest absolute Gasteiger partial charge is 0.467 e. The van der Waals surface area contributed by atoms with Gasteiger partial charge in [-0.05, 0) is 36.8 Å². The molecular weight excluding hydrogens is 326 g/mol. The number of aryl methyl sites for hydroxylation is 1. The maximum atomic E-state index is 12.6. The first-order chi connectivity index (χ1) is 11.6. The second-order valence-corrected chi connectivity index (χ2v) is 6.47. The highest BCUT2D eigenvalue weighted by atomic mass is 32.1. The number of fused-ring (bicyclic) bond motifs is 2. The Kier molecular flexibility index (Phi) is 3.42. The van der Waals surface area contributed by atoms with E-state index in [0.29, 0.717) is 33.0 Å². The lowest BCUT2D eigenvalue weighted by Gasteiger charge is -2.00. The van der Waals surface area contributed by atoms with E-state index < -0.39 is 0 Å². The standard InChI is InChI=1S/C17H13N3O3S/c1-10-4-5-14-19-16-12(17(22)20(14)9-10)7-13(24-16)15(21)18-8-11-3-2-6-23-11/h2-7,9H,8H2,1H3,(H,18,21). The molecule has 4 rings (SSSR count). The number of aromatic nitrogens is 2. The van der Waals surface area contributed by atoms with Gasteiger partial charge in [0.2, 0.25) is 0 Å². The third kappa shape index (κ3) is 2.48. The maximum absolute atomic E-state index is 12.6. The molecule has 1 amide bonds. The predicted molar refractivity (Wildman–Crippen MR) is 91.5 cm³/mol. The van der Waals surface area contributed by atoms with Crippen LogP contribution in [0.2, 0.25) is 0 Å². The Morgan fingerprint density at radius 1 is 1.38 bits per heavy atom. The van der Waals surface area contributed by atoms with Gasteiger partial charge >= 0.3 is 0 Å². The van der Waals surface area contributed by atoms with Crippen molar-refractivity contribution in [2.75, 3.05) is 0 Å². The van der Waals surface area contributed by atoms with Gasteiger partial charge in [0.1, 0.15) is 16.2 Å². The molecular formula is C17H13N3O3S. The van der Waals surface area contributed by atoms with Crippen molar-refractivity contribution in [3.8, 4) is 0 Å². The zero-order chi connectivity index (χ0) is 16.7. The number of thiophene rings is 1. The quantitative estimate of drug-likeness (QED) is 0.623. The molecule has 0 saturated carbocycles. The van der Waals surface area contributed by atoms with Gasteiger partial charge < -0.3 is 9.73 Å². The molecule has 0 spiro atoms. The average molecular weight is 339 g/mol. The van der Waals surface area contributed by atoms with Crippen LogP contribution in [0, 0.1) is 6.92 Å². The molecule has 0 atom stereocenters. The summed E-state index contributed by atoms with van der Waals surface area (Å²) in [6, 6.07) is 8.85. The van der Waals surface area contributed by atoms with Gasteiger partial charge in [0.05, 0.1) is 23.1 Å². The Morgan fingerprint density at radius 3 is 3.04 bits per heavy atom. The molecule has 0 unspecified atom stereocenters. The molecule has 24 heavy (non-hydrogen) atoms. The molecule has 1 N–H and O–H groups in total. The smallest absolute Gasteiger partial charge is 0.266 e. The van der Waals surface area contributed by atoms with E-state index in [1.807, 2.05) is 13.0 Å². The van der Waals surface area contributed by atoms with Gasteiger partial charge in [-0.1, -0.05) is 6.07 Å². The summed E-state index contributed by atoms with van der Waals surface area (Å²) >= 11 is 1.21. The fourth-order valence-electron chi connectivity index (χ4n) is 2.48. The second kappa shape index (κ2) is 5.61.